The van der Waals surface area contributed by atoms with E-state index in [1.54, 1.807) is 0 Å². The van der Waals surface area contributed by atoms with Gasteiger partial charge in [0.1, 0.15) is 0 Å². The molecule has 98 valence electrons. The smallest absolute Gasteiger partial charge is 0.0480 e. The molecule has 3 nitrogen and oxygen atoms in total. The molecule has 3 fully saturated rings. The minimum atomic E-state index is 0.811. The molecule has 0 aliphatic carbocycles. The van der Waals surface area contributed by atoms with Gasteiger partial charge in [-0.15, -0.1) is 0 Å². The van der Waals surface area contributed by atoms with Crippen molar-refractivity contribution < 1.29 is 4.74 Å². The molecule has 3 heterocycles. The first-order valence-electron chi connectivity index (χ1n) is 7.49. The third kappa shape index (κ3) is 2.83. The van der Waals surface area contributed by atoms with E-state index in [1.165, 1.54) is 64.7 Å². The second kappa shape index (κ2) is 5.68. The van der Waals surface area contributed by atoms with Crippen LogP contribution in [-0.4, -0.2) is 61.3 Å². The van der Waals surface area contributed by atoms with E-state index in [-0.39, 0.29) is 0 Å². The number of hydrogen-bond acceptors (Lipinski definition) is 3. The first-order valence-corrected chi connectivity index (χ1v) is 7.49. The van der Waals surface area contributed by atoms with E-state index in [0.29, 0.717) is 0 Å². The van der Waals surface area contributed by atoms with Gasteiger partial charge in [0.2, 0.25) is 0 Å². The van der Waals surface area contributed by atoms with Crippen molar-refractivity contribution in [1.82, 2.24) is 9.80 Å². The Morgan fingerprint density at radius 1 is 0.706 bits per heavy atom. The van der Waals surface area contributed by atoms with Gasteiger partial charge in [0.15, 0.2) is 0 Å². The van der Waals surface area contributed by atoms with Crippen molar-refractivity contribution in [3.8, 4) is 0 Å². The molecule has 0 N–H and O–H groups in total. The number of piperidine rings is 1. The Morgan fingerprint density at radius 3 is 2.35 bits per heavy atom. The van der Waals surface area contributed by atoms with Crippen molar-refractivity contribution in [2.24, 2.45) is 0 Å². The first-order chi connectivity index (χ1) is 8.43. The maximum atomic E-state index is 5.49. The summed E-state index contributed by atoms with van der Waals surface area (Å²) in [7, 11) is 0. The van der Waals surface area contributed by atoms with E-state index in [9.17, 15) is 0 Å². The van der Waals surface area contributed by atoms with Gasteiger partial charge in [0, 0.05) is 31.8 Å². The molecule has 3 heteroatoms. The van der Waals surface area contributed by atoms with Crippen LogP contribution in [0.2, 0.25) is 0 Å². The number of rotatable bonds is 1. The minimum Gasteiger partial charge on any atom is -0.381 e. The van der Waals surface area contributed by atoms with Gasteiger partial charge in [-0.25, -0.2) is 0 Å². The fraction of sp³-hybridized carbons (Fsp3) is 1.00. The Morgan fingerprint density at radius 2 is 1.47 bits per heavy atom. The molecule has 0 spiro atoms. The Hall–Kier alpha value is -0.120. The third-order valence-corrected chi connectivity index (χ3v) is 4.79. The Labute approximate surface area is 105 Å². The highest BCUT2D eigenvalue weighted by Gasteiger charge is 2.30. The molecule has 3 rings (SSSR count). The highest BCUT2D eigenvalue weighted by molar-refractivity contribution is 4.86. The average Bonchev–Trinajstić information content (AvgIpc) is 2.62. The van der Waals surface area contributed by atoms with Gasteiger partial charge < -0.3 is 4.74 Å². The van der Waals surface area contributed by atoms with Gasteiger partial charge in [-0.2, -0.15) is 0 Å². The van der Waals surface area contributed by atoms with Crippen LogP contribution in [0.3, 0.4) is 0 Å². The third-order valence-electron chi connectivity index (χ3n) is 4.79. The van der Waals surface area contributed by atoms with Crippen molar-refractivity contribution >= 4 is 0 Å². The van der Waals surface area contributed by atoms with Crippen molar-refractivity contribution in [3.63, 3.8) is 0 Å². The van der Waals surface area contributed by atoms with E-state index in [4.69, 9.17) is 4.74 Å². The van der Waals surface area contributed by atoms with Gasteiger partial charge in [-0.05, 0) is 51.7 Å². The van der Waals surface area contributed by atoms with Gasteiger partial charge >= 0.3 is 0 Å². The van der Waals surface area contributed by atoms with E-state index in [0.717, 1.165) is 25.3 Å². The minimum absolute atomic E-state index is 0.811. The molecular weight excluding hydrogens is 212 g/mol. The first kappa shape index (κ1) is 11.9. The van der Waals surface area contributed by atoms with E-state index in [1.807, 2.05) is 0 Å². The lowest BCUT2D eigenvalue weighted by Crippen LogP contribution is -2.47. The van der Waals surface area contributed by atoms with Crippen LogP contribution in [0, 0.1) is 0 Å². The normalized spacial score (nSPS) is 34.2. The summed E-state index contributed by atoms with van der Waals surface area (Å²) in [6.45, 7) is 7.30. The summed E-state index contributed by atoms with van der Waals surface area (Å²) in [6, 6.07) is 1.67. The lowest BCUT2D eigenvalue weighted by molar-refractivity contribution is 0.0277. The van der Waals surface area contributed by atoms with Crippen LogP contribution >= 0.6 is 0 Å². The van der Waals surface area contributed by atoms with Crippen LogP contribution in [0.5, 0.6) is 0 Å². The predicted octanol–water partition coefficient (Wildman–Crippen LogP) is 1.73. The van der Waals surface area contributed by atoms with Crippen LogP contribution in [0.25, 0.3) is 0 Å². The van der Waals surface area contributed by atoms with Crippen molar-refractivity contribution in [1.29, 1.82) is 0 Å². The summed E-state index contributed by atoms with van der Waals surface area (Å²) in [5.74, 6) is 0. The summed E-state index contributed by atoms with van der Waals surface area (Å²) in [6.07, 6.45) is 8.18. The number of fused-ring (bicyclic) bond motifs is 1. The lowest BCUT2D eigenvalue weighted by atomic mass is 10.0. The summed E-state index contributed by atoms with van der Waals surface area (Å²) in [4.78, 5) is 5.53. The van der Waals surface area contributed by atoms with Crippen molar-refractivity contribution in [2.45, 2.75) is 50.6 Å². The molecule has 0 saturated carbocycles. The largest absolute Gasteiger partial charge is 0.381 e. The van der Waals surface area contributed by atoms with Crippen molar-refractivity contribution in [2.75, 3.05) is 39.4 Å². The van der Waals surface area contributed by atoms with Crippen LogP contribution in [0.1, 0.15) is 38.5 Å². The SMILES string of the molecule is C1CCN2CCCN(C3CCOCC3)CC2C1. The maximum absolute atomic E-state index is 5.49. The topological polar surface area (TPSA) is 15.7 Å². The van der Waals surface area contributed by atoms with Gasteiger partial charge in [0.05, 0.1) is 0 Å². The Bertz CT molecular complexity index is 240. The fourth-order valence-electron chi connectivity index (χ4n) is 3.78. The predicted molar refractivity (Wildman–Crippen MR) is 69.2 cm³/mol. The zero-order valence-corrected chi connectivity index (χ0v) is 10.9. The molecule has 1 atom stereocenters. The molecule has 3 aliphatic rings. The molecule has 0 aromatic carbocycles. The fourth-order valence-corrected chi connectivity index (χ4v) is 3.78. The molecule has 3 saturated heterocycles. The molecule has 3 aliphatic heterocycles. The molecular formula is C14H26N2O. The van der Waals surface area contributed by atoms with Crippen LogP contribution in [0.15, 0.2) is 0 Å². The van der Waals surface area contributed by atoms with E-state index in [2.05, 4.69) is 9.80 Å². The zero-order valence-electron chi connectivity index (χ0n) is 10.9. The number of nitrogens with zero attached hydrogens (tertiary/aromatic N) is 2. The van der Waals surface area contributed by atoms with E-state index < -0.39 is 0 Å². The highest BCUT2D eigenvalue weighted by Crippen LogP contribution is 2.24. The van der Waals surface area contributed by atoms with Gasteiger partial charge in [0.25, 0.3) is 0 Å². The molecule has 17 heavy (non-hydrogen) atoms. The van der Waals surface area contributed by atoms with Gasteiger partial charge in [-0.1, -0.05) is 6.42 Å². The highest BCUT2D eigenvalue weighted by atomic mass is 16.5. The van der Waals surface area contributed by atoms with Crippen LogP contribution in [-0.2, 0) is 4.74 Å². The Balaban J connectivity index is 1.61. The molecule has 0 radical (unpaired) electrons. The van der Waals surface area contributed by atoms with Crippen molar-refractivity contribution in [3.05, 3.63) is 0 Å². The zero-order chi connectivity index (χ0) is 11.5. The average molecular weight is 238 g/mol. The monoisotopic (exact) mass is 238 g/mol. The molecule has 0 amide bonds. The second-order valence-corrected chi connectivity index (χ2v) is 5.88. The summed E-state index contributed by atoms with van der Waals surface area (Å²) < 4.78 is 5.49. The number of hydrogen-bond donors (Lipinski definition) is 0. The lowest BCUT2D eigenvalue weighted by Gasteiger charge is -2.38. The molecule has 0 aromatic heterocycles. The second-order valence-electron chi connectivity index (χ2n) is 5.88. The molecule has 0 aromatic rings. The summed E-state index contributed by atoms with van der Waals surface area (Å²) in [5, 5.41) is 0. The summed E-state index contributed by atoms with van der Waals surface area (Å²) >= 11 is 0. The van der Waals surface area contributed by atoms with Gasteiger partial charge in [-0.3, -0.25) is 9.80 Å². The maximum Gasteiger partial charge on any atom is 0.0480 e. The van der Waals surface area contributed by atoms with Crippen LogP contribution in [0.4, 0.5) is 0 Å². The number of ether oxygens (including phenoxy) is 1. The standard InChI is InChI=1S/C14H26N2O/c1-2-7-15-8-3-9-16(12-14(15)4-1)13-5-10-17-11-6-13/h13-14H,1-12H2. The van der Waals surface area contributed by atoms with E-state index >= 15 is 0 Å². The quantitative estimate of drug-likeness (QED) is 0.692. The Kier molecular flexibility index (Phi) is 3.99. The molecule has 0 bridgehead atoms. The summed E-state index contributed by atoms with van der Waals surface area (Å²) in [5.41, 5.74) is 0. The molecule has 1 unspecified atom stereocenters. The van der Waals surface area contributed by atoms with Crippen LogP contribution < -0.4 is 0 Å².